The molecule has 0 saturated heterocycles. The zero-order valence-corrected chi connectivity index (χ0v) is 28.0. The molecule has 0 aliphatic heterocycles. The minimum atomic E-state index is -1.05. The molecule has 0 fully saturated rings. The van der Waals surface area contributed by atoms with E-state index in [1.807, 2.05) is 12.1 Å². The highest BCUT2D eigenvalue weighted by Crippen LogP contribution is 2.30. The second-order valence-corrected chi connectivity index (χ2v) is 12.8. The minimum Gasteiger partial charge on any atom is -0.492 e. The van der Waals surface area contributed by atoms with E-state index < -0.39 is 5.60 Å². The van der Waals surface area contributed by atoms with Gasteiger partial charge in [-0.05, 0) is 55.3 Å². The molecule has 0 aliphatic rings. The van der Waals surface area contributed by atoms with Gasteiger partial charge in [-0.15, -0.1) is 0 Å². The van der Waals surface area contributed by atoms with Gasteiger partial charge in [0, 0.05) is 6.07 Å². The van der Waals surface area contributed by atoms with E-state index in [0.29, 0.717) is 6.61 Å². The predicted molar refractivity (Wildman–Crippen MR) is 177 cm³/mol. The van der Waals surface area contributed by atoms with Crippen molar-refractivity contribution in [2.75, 3.05) is 13.2 Å². The Balaban J connectivity index is 2.43. The number of hydrogen-bond acceptors (Lipinski definition) is 3. The fourth-order valence-corrected chi connectivity index (χ4v) is 5.22. The molecule has 0 spiro atoms. The quantitative estimate of drug-likeness (QED) is 0.0685. The normalized spacial score (nSPS) is 11.3. The van der Waals surface area contributed by atoms with Crippen molar-refractivity contribution < 1.29 is 14.6 Å². The summed E-state index contributed by atoms with van der Waals surface area (Å²) in [4.78, 5) is 0. The standard InChI is InChI=1S/C35H59IO3/c1-5-7-9-11-13-15-17-19-21-23-27-38-33-30-32(36)34(29-31(33)25-26-35(3,4)37)39-28-24-22-20-18-16-14-12-10-8-6-2/h29-30,37H,5-24,27-28H2,1-4H3. The third-order valence-electron chi connectivity index (χ3n) is 7.05. The van der Waals surface area contributed by atoms with Crippen molar-refractivity contribution in [3.63, 3.8) is 0 Å². The van der Waals surface area contributed by atoms with Crippen molar-refractivity contribution in [2.45, 2.75) is 162 Å². The molecule has 3 nitrogen and oxygen atoms in total. The van der Waals surface area contributed by atoms with Crippen LogP contribution in [0.2, 0.25) is 0 Å². The first-order valence-corrected chi connectivity index (χ1v) is 17.3. The van der Waals surface area contributed by atoms with Crippen LogP contribution in [0.3, 0.4) is 0 Å². The van der Waals surface area contributed by atoms with Crippen LogP contribution >= 0.6 is 22.6 Å². The summed E-state index contributed by atoms with van der Waals surface area (Å²) < 4.78 is 13.4. The summed E-state index contributed by atoms with van der Waals surface area (Å²) in [7, 11) is 0. The van der Waals surface area contributed by atoms with Crippen LogP contribution in [0.25, 0.3) is 0 Å². The molecule has 4 heteroatoms. The molecule has 1 rings (SSSR count). The number of ether oxygens (including phenoxy) is 2. The van der Waals surface area contributed by atoms with Gasteiger partial charge in [-0.2, -0.15) is 0 Å². The molecule has 0 bridgehead atoms. The number of benzene rings is 1. The Morgan fingerprint density at radius 3 is 1.41 bits per heavy atom. The summed E-state index contributed by atoms with van der Waals surface area (Å²) in [6, 6.07) is 4.03. The minimum absolute atomic E-state index is 0.697. The Labute approximate surface area is 255 Å². The third-order valence-corrected chi connectivity index (χ3v) is 7.89. The summed E-state index contributed by atoms with van der Waals surface area (Å²) in [5.74, 6) is 7.74. The van der Waals surface area contributed by atoms with Gasteiger partial charge < -0.3 is 14.6 Å². The van der Waals surface area contributed by atoms with Crippen LogP contribution in [0, 0.1) is 15.4 Å². The lowest BCUT2D eigenvalue weighted by Crippen LogP contribution is -2.14. The molecule has 0 heterocycles. The number of unbranched alkanes of at least 4 members (excludes halogenated alkanes) is 18. The second-order valence-electron chi connectivity index (χ2n) is 11.6. The lowest BCUT2D eigenvalue weighted by molar-refractivity contribution is 0.143. The molecule has 39 heavy (non-hydrogen) atoms. The van der Waals surface area contributed by atoms with Crippen molar-refractivity contribution in [2.24, 2.45) is 0 Å². The van der Waals surface area contributed by atoms with Crippen molar-refractivity contribution in [1.82, 2.24) is 0 Å². The van der Waals surface area contributed by atoms with E-state index in [4.69, 9.17) is 9.47 Å². The van der Waals surface area contributed by atoms with E-state index in [1.54, 1.807) is 13.8 Å². The van der Waals surface area contributed by atoms with E-state index in [-0.39, 0.29) is 0 Å². The zero-order chi connectivity index (χ0) is 28.6. The summed E-state index contributed by atoms with van der Waals surface area (Å²) in [6.45, 7) is 9.38. The summed E-state index contributed by atoms with van der Waals surface area (Å²) >= 11 is 2.33. The van der Waals surface area contributed by atoms with Crippen LogP contribution in [0.15, 0.2) is 12.1 Å². The first-order valence-electron chi connectivity index (χ1n) is 16.2. The summed E-state index contributed by atoms with van der Waals surface area (Å²) in [5.41, 5.74) is -0.254. The number of hydrogen-bond donors (Lipinski definition) is 1. The highest BCUT2D eigenvalue weighted by atomic mass is 127. The lowest BCUT2D eigenvalue weighted by atomic mass is 10.1. The Bertz CT molecular complexity index is 788. The van der Waals surface area contributed by atoms with Crippen molar-refractivity contribution in [3.8, 4) is 23.3 Å². The molecule has 0 unspecified atom stereocenters. The van der Waals surface area contributed by atoms with Gasteiger partial charge in [0.2, 0.25) is 0 Å². The second kappa shape index (κ2) is 23.7. The predicted octanol–water partition coefficient (Wildman–Crippen LogP) is 11.0. The maximum atomic E-state index is 10.1. The molecule has 0 radical (unpaired) electrons. The number of rotatable bonds is 24. The van der Waals surface area contributed by atoms with Crippen LogP contribution in [-0.2, 0) is 0 Å². The van der Waals surface area contributed by atoms with Crippen LogP contribution in [0.4, 0.5) is 0 Å². The fraction of sp³-hybridized carbons (Fsp3) is 0.771. The SMILES string of the molecule is CCCCCCCCCCCCOc1cc(C#CC(C)(C)O)c(OCCCCCCCCCCCC)cc1I. The van der Waals surface area contributed by atoms with E-state index in [9.17, 15) is 5.11 Å². The molecule has 0 atom stereocenters. The molecule has 1 aromatic carbocycles. The van der Waals surface area contributed by atoms with Crippen LogP contribution in [0.5, 0.6) is 11.5 Å². The van der Waals surface area contributed by atoms with E-state index >= 15 is 0 Å². The Kier molecular flexibility index (Phi) is 22.0. The summed E-state index contributed by atoms with van der Waals surface area (Å²) in [6.07, 6.45) is 26.3. The third kappa shape index (κ3) is 20.6. The molecule has 0 saturated carbocycles. The van der Waals surface area contributed by atoms with Crippen LogP contribution in [-0.4, -0.2) is 23.9 Å². The van der Waals surface area contributed by atoms with Crippen LogP contribution in [0.1, 0.15) is 162 Å². The van der Waals surface area contributed by atoms with E-state index in [2.05, 4.69) is 48.3 Å². The molecule has 1 aromatic rings. The molecule has 0 amide bonds. The average Bonchev–Trinajstić information content (AvgIpc) is 2.90. The Hall–Kier alpha value is -0.930. The van der Waals surface area contributed by atoms with Gasteiger partial charge in [-0.1, -0.05) is 141 Å². The highest BCUT2D eigenvalue weighted by Gasteiger charge is 2.12. The lowest BCUT2D eigenvalue weighted by Gasteiger charge is -2.14. The van der Waals surface area contributed by atoms with Crippen molar-refractivity contribution >= 4 is 22.6 Å². The van der Waals surface area contributed by atoms with Gasteiger partial charge in [-0.3, -0.25) is 0 Å². The number of halogens is 1. The smallest absolute Gasteiger partial charge is 0.136 e. The maximum absolute atomic E-state index is 10.1. The molecule has 224 valence electrons. The van der Waals surface area contributed by atoms with Gasteiger partial charge in [-0.25, -0.2) is 0 Å². The van der Waals surface area contributed by atoms with E-state index in [0.717, 1.165) is 40.1 Å². The molecular formula is C35H59IO3. The topological polar surface area (TPSA) is 38.7 Å². The summed E-state index contributed by atoms with van der Waals surface area (Å²) in [5, 5.41) is 10.1. The van der Waals surface area contributed by atoms with Gasteiger partial charge in [0.15, 0.2) is 0 Å². The van der Waals surface area contributed by atoms with Gasteiger partial charge in [0.05, 0.1) is 22.3 Å². The molecule has 0 aromatic heterocycles. The zero-order valence-electron chi connectivity index (χ0n) is 25.9. The first-order chi connectivity index (χ1) is 18.9. The van der Waals surface area contributed by atoms with Gasteiger partial charge in [0.1, 0.15) is 17.1 Å². The number of aliphatic hydroxyl groups is 1. The van der Waals surface area contributed by atoms with Crippen molar-refractivity contribution in [3.05, 3.63) is 21.3 Å². The molecule has 1 N–H and O–H groups in total. The Morgan fingerprint density at radius 1 is 0.615 bits per heavy atom. The van der Waals surface area contributed by atoms with E-state index in [1.165, 1.54) is 116 Å². The van der Waals surface area contributed by atoms with Gasteiger partial charge in [0.25, 0.3) is 0 Å². The first kappa shape index (κ1) is 36.1. The monoisotopic (exact) mass is 654 g/mol. The van der Waals surface area contributed by atoms with Crippen molar-refractivity contribution in [1.29, 1.82) is 0 Å². The van der Waals surface area contributed by atoms with Crippen LogP contribution < -0.4 is 9.47 Å². The highest BCUT2D eigenvalue weighted by molar-refractivity contribution is 14.1. The molecule has 0 aliphatic carbocycles. The average molecular weight is 655 g/mol. The fourth-order valence-electron chi connectivity index (χ4n) is 4.63. The maximum Gasteiger partial charge on any atom is 0.136 e. The Morgan fingerprint density at radius 2 is 1.00 bits per heavy atom. The molecular weight excluding hydrogens is 595 g/mol. The van der Waals surface area contributed by atoms with Gasteiger partial charge >= 0.3 is 0 Å². The largest absolute Gasteiger partial charge is 0.492 e.